The molecule has 1 N–H and O–H groups in total. The Morgan fingerprint density at radius 2 is 1.78 bits per heavy atom. The average molecular weight is 259 g/mol. The lowest BCUT2D eigenvalue weighted by molar-refractivity contribution is -0.143. The highest BCUT2D eigenvalue weighted by molar-refractivity contribution is 5.80. The molecule has 1 amide bonds. The van der Waals surface area contributed by atoms with Crippen LogP contribution in [0.4, 0.5) is 4.79 Å². The molecule has 0 bridgehead atoms. The lowest BCUT2D eigenvalue weighted by atomic mass is 10.1. The molecule has 1 atom stereocenters. The molecule has 0 aromatic rings. The Labute approximate surface area is 109 Å². The first-order valence-electron chi connectivity index (χ1n) is 6.45. The fraction of sp³-hybridized carbons (Fsp3) is 0.846. The highest BCUT2D eigenvalue weighted by Gasteiger charge is 2.31. The number of nitrogens with zero attached hydrogens (tertiary/aromatic N) is 1. The summed E-state index contributed by atoms with van der Waals surface area (Å²) >= 11 is 0. The van der Waals surface area contributed by atoms with Crippen LogP contribution >= 0.6 is 0 Å². The first-order valence-corrected chi connectivity index (χ1v) is 6.45. The molecule has 0 spiro atoms. The smallest absolute Gasteiger partial charge is 0.411 e. The number of carbonyl (C=O) groups excluding carboxylic acids is 1. The van der Waals surface area contributed by atoms with Crippen LogP contribution in [0.25, 0.3) is 0 Å². The van der Waals surface area contributed by atoms with Crippen molar-refractivity contribution in [2.24, 2.45) is 0 Å². The van der Waals surface area contributed by atoms with Gasteiger partial charge in [0, 0.05) is 6.54 Å². The van der Waals surface area contributed by atoms with Crippen LogP contribution in [0.15, 0.2) is 0 Å². The van der Waals surface area contributed by atoms with E-state index in [0.717, 1.165) is 0 Å². The highest BCUT2D eigenvalue weighted by Crippen LogP contribution is 2.15. The lowest BCUT2D eigenvalue weighted by Gasteiger charge is -2.31. The number of carboxylic acid groups (broad SMARTS) is 1. The predicted molar refractivity (Wildman–Crippen MR) is 69.6 cm³/mol. The summed E-state index contributed by atoms with van der Waals surface area (Å²) in [7, 11) is 0. The summed E-state index contributed by atoms with van der Waals surface area (Å²) in [4.78, 5) is 24.6. The van der Waals surface area contributed by atoms with E-state index in [-0.39, 0.29) is 0 Å². The maximum atomic E-state index is 12.0. The van der Waals surface area contributed by atoms with Crippen LogP contribution in [0.1, 0.15) is 53.9 Å². The zero-order valence-corrected chi connectivity index (χ0v) is 12.0. The molecule has 0 rings (SSSR count). The molecule has 0 aliphatic heterocycles. The molecular formula is C13H25NO4. The lowest BCUT2D eigenvalue weighted by Crippen LogP contribution is -2.47. The minimum Gasteiger partial charge on any atom is -0.480 e. The normalized spacial score (nSPS) is 12.9. The number of carbonyl (C=O) groups is 2. The minimum absolute atomic E-state index is 0.395. The Hall–Kier alpha value is -1.26. The Morgan fingerprint density at radius 3 is 2.11 bits per heavy atom. The van der Waals surface area contributed by atoms with Gasteiger partial charge in [0.2, 0.25) is 0 Å². The van der Waals surface area contributed by atoms with Gasteiger partial charge in [-0.15, -0.1) is 0 Å². The van der Waals surface area contributed by atoms with Crippen molar-refractivity contribution in [3.8, 4) is 0 Å². The summed E-state index contributed by atoms with van der Waals surface area (Å²) in [5.74, 6) is -0.976. The van der Waals surface area contributed by atoms with Crippen molar-refractivity contribution in [2.45, 2.75) is 65.5 Å². The number of ether oxygens (including phenoxy) is 1. The highest BCUT2D eigenvalue weighted by atomic mass is 16.6. The van der Waals surface area contributed by atoms with E-state index in [0.29, 0.717) is 25.8 Å². The second-order valence-corrected chi connectivity index (χ2v) is 5.32. The van der Waals surface area contributed by atoms with Gasteiger partial charge in [-0.1, -0.05) is 20.3 Å². The van der Waals surface area contributed by atoms with Crippen molar-refractivity contribution in [3.05, 3.63) is 0 Å². The Kier molecular flexibility index (Phi) is 6.73. The Balaban J connectivity index is 4.90. The number of aliphatic carboxylic acids is 1. The molecule has 0 aromatic heterocycles. The second kappa shape index (κ2) is 7.24. The first-order chi connectivity index (χ1) is 8.22. The Morgan fingerprint density at radius 1 is 1.22 bits per heavy atom. The standard InChI is InChI=1S/C13H25NO4/c1-6-8-10(11(15)16)14(9-7-2)12(17)18-13(3,4)5/h10H,6-9H2,1-5H3,(H,15,16). The van der Waals surface area contributed by atoms with Crippen molar-refractivity contribution in [1.29, 1.82) is 0 Å². The molecule has 106 valence electrons. The van der Waals surface area contributed by atoms with Crippen LogP contribution in [0.2, 0.25) is 0 Å². The van der Waals surface area contributed by atoms with Gasteiger partial charge in [-0.3, -0.25) is 4.90 Å². The summed E-state index contributed by atoms with van der Waals surface area (Å²) in [5.41, 5.74) is -0.613. The molecule has 18 heavy (non-hydrogen) atoms. The quantitative estimate of drug-likeness (QED) is 0.796. The van der Waals surface area contributed by atoms with E-state index in [1.807, 2.05) is 13.8 Å². The van der Waals surface area contributed by atoms with Gasteiger partial charge in [0.05, 0.1) is 0 Å². The topological polar surface area (TPSA) is 66.8 Å². The molecule has 0 aromatic carbocycles. The van der Waals surface area contributed by atoms with Gasteiger partial charge < -0.3 is 9.84 Å². The molecule has 5 nitrogen and oxygen atoms in total. The fourth-order valence-corrected chi connectivity index (χ4v) is 1.62. The third-order valence-corrected chi connectivity index (χ3v) is 2.32. The average Bonchev–Trinajstić information content (AvgIpc) is 2.20. The van der Waals surface area contributed by atoms with E-state index >= 15 is 0 Å². The third kappa shape index (κ3) is 5.89. The summed E-state index contributed by atoms with van der Waals surface area (Å²) in [6, 6.07) is -0.801. The van der Waals surface area contributed by atoms with Crippen LogP contribution in [0, 0.1) is 0 Å². The predicted octanol–water partition coefficient (Wildman–Crippen LogP) is 2.89. The molecule has 0 aliphatic rings. The molecule has 0 aliphatic carbocycles. The van der Waals surface area contributed by atoms with Gasteiger partial charge >= 0.3 is 12.1 Å². The number of rotatable bonds is 6. The summed E-state index contributed by atoms with van der Waals surface area (Å²) in [5, 5.41) is 9.20. The van der Waals surface area contributed by atoms with E-state index < -0.39 is 23.7 Å². The van der Waals surface area contributed by atoms with Crippen LogP contribution in [-0.4, -0.2) is 40.3 Å². The second-order valence-electron chi connectivity index (χ2n) is 5.32. The van der Waals surface area contributed by atoms with Crippen molar-refractivity contribution < 1.29 is 19.4 Å². The maximum Gasteiger partial charge on any atom is 0.411 e. The third-order valence-electron chi connectivity index (χ3n) is 2.32. The maximum absolute atomic E-state index is 12.0. The molecule has 0 saturated heterocycles. The van der Waals surface area contributed by atoms with Crippen molar-refractivity contribution in [2.75, 3.05) is 6.54 Å². The molecular weight excluding hydrogens is 234 g/mol. The van der Waals surface area contributed by atoms with Crippen molar-refractivity contribution >= 4 is 12.1 Å². The van der Waals surface area contributed by atoms with Gasteiger partial charge in [0.15, 0.2) is 0 Å². The largest absolute Gasteiger partial charge is 0.480 e. The first kappa shape index (κ1) is 16.7. The molecule has 0 fully saturated rings. The summed E-state index contributed by atoms with van der Waals surface area (Å²) in [6.07, 6.45) is 1.30. The SMILES string of the molecule is CCCC(C(=O)O)N(CCC)C(=O)OC(C)(C)C. The molecule has 0 radical (unpaired) electrons. The van der Waals surface area contributed by atoms with Crippen molar-refractivity contribution in [3.63, 3.8) is 0 Å². The molecule has 1 unspecified atom stereocenters. The van der Waals surface area contributed by atoms with Gasteiger partial charge in [-0.25, -0.2) is 9.59 Å². The van der Waals surface area contributed by atoms with Crippen LogP contribution in [-0.2, 0) is 9.53 Å². The Bertz CT molecular complexity index is 283. The van der Waals surface area contributed by atoms with E-state index in [1.165, 1.54) is 4.90 Å². The van der Waals surface area contributed by atoms with Gasteiger partial charge in [-0.2, -0.15) is 0 Å². The van der Waals surface area contributed by atoms with E-state index in [4.69, 9.17) is 4.74 Å². The number of carboxylic acids is 1. The van der Waals surface area contributed by atoms with Gasteiger partial charge in [0.25, 0.3) is 0 Å². The van der Waals surface area contributed by atoms with Crippen LogP contribution in [0.3, 0.4) is 0 Å². The van der Waals surface area contributed by atoms with E-state index in [2.05, 4.69) is 0 Å². The summed E-state index contributed by atoms with van der Waals surface area (Å²) in [6.45, 7) is 9.50. The number of amides is 1. The number of hydrogen-bond acceptors (Lipinski definition) is 3. The molecule has 0 saturated carbocycles. The van der Waals surface area contributed by atoms with Crippen LogP contribution in [0.5, 0.6) is 0 Å². The number of hydrogen-bond donors (Lipinski definition) is 1. The van der Waals surface area contributed by atoms with Crippen LogP contribution < -0.4 is 0 Å². The van der Waals surface area contributed by atoms with Gasteiger partial charge in [0.1, 0.15) is 11.6 Å². The van der Waals surface area contributed by atoms with E-state index in [9.17, 15) is 14.7 Å². The summed E-state index contributed by atoms with van der Waals surface area (Å²) < 4.78 is 5.25. The minimum atomic E-state index is -0.976. The zero-order chi connectivity index (χ0) is 14.3. The fourth-order valence-electron chi connectivity index (χ4n) is 1.62. The molecule has 5 heteroatoms. The van der Waals surface area contributed by atoms with E-state index in [1.54, 1.807) is 20.8 Å². The zero-order valence-electron chi connectivity index (χ0n) is 12.0. The monoisotopic (exact) mass is 259 g/mol. The molecule has 0 heterocycles. The van der Waals surface area contributed by atoms with Gasteiger partial charge in [-0.05, 0) is 33.6 Å². The van der Waals surface area contributed by atoms with Crippen molar-refractivity contribution in [1.82, 2.24) is 4.90 Å².